The molecule has 0 bridgehead atoms. The molecule has 152 valence electrons. The predicted molar refractivity (Wildman–Crippen MR) is 104 cm³/mol. The third-order valence-electron chi connectivity index (χ3n) is 3.91. The van der Waals surface area contributed by atoms with Crippen LogP contribution >= 0.6 is 0 Å². The molecule has 1 amide bonds. The van der Waals surface area contributed by atoms with Gasteiger partial charge in [0.1, 0.15) is 5.75 Å². The molecular weight excluding hydrogens is 380 g/mol. The molecule has 0 atom stereocenters. The number of nitro benzene ring substituents is 1. The van der Waals surface area contributed by atoms with Crippen molar-refractivity contribution in [1.82, 2.24) is 0 Å². The van der Waals surface area contributed by atoms with Gasteiger partial charge >= 0.3 is 5.97 Å². The Balaban J connectivity index is 1.78. The van der Waals surface area contributed by atoms with Gasteiger partial charge in [-0.25, -0.2) is 4.79 Å². The first-order chi connectivity index (χ1) is 13.8. The molecule has 0 fully saturated rings. The van der Waals surface area contributed by atoms with E-state index >= 15 is 0 Å². The molecule has 0 unspecified atom stereocenters. The average Bonchev–Trinajstić information content (AvgIpc) is 2.71. The second-order valence-electron chi connectivity index (χ2n) is 6.05. The van der Waals surface area contributed by atoms with Gasteiger partial charge in [0, 0.05) is 29.8 Å². The van der Waals surface area contributed by atoms with Gasteiger partial charge in [-0.3, -0.25) is 19.7 Å². The standard InChI is InChI=1S/C20H20N2O7/c1-3-18(23)14-4-7-16(8-5-14)28-12-20(25)29-11-19(24)21-17-9-6-15(22(26)27)10-13(17)2/h4-10H,3,11-12H2,1-2H3,(H,21,24). The molecule has 0 heterocycles. The Morgan fingerprint density at radius 3 is 2.34 bits per heavy atom. The fourth-order valence-electron chi connectivity index (χ4n) is 2.36. The van der Waals surface area contributed by atoms with Gasteiger partial charge < -0.3 is 14.8 Å². The van der Waals surface area contributed by atoms with E-state index in [-0.39, 0.29) is 11.5 Å². The van der Waals surface area contributed by atoms with Crippen LogP contribution in [0.2, 0.25) is 0 Å². The van der Waals surface area contributed by atoms with Crippen molar-refractivity contribution in [3.05, 3.63) is 63.7 Å². The van der Waals surface area contributed by atoms with Gasteiger partial charge in [0.05, 0.1) is 4.92 Å². The number of ether oxygens (including phenoxy) is 2. The summed E-state index contributed by atoms with van der Waals surface area (Å²) in [6.07, 6.45) is 0.397. The highest BCUT2D eigenvalue weighted by atomic mass is 16.6. The predicted octanol–water partition coefficient (Wildman–Crippen LogP) is 3.06. The Hall–Kier alpha value is -3.75. The molecule has 2 aromatic rings. The number of amides is 1. The summed E-state index contributed by atoms with van der Waals surface area (Å²) in [5.41, 5.74) is 1.36. The second-order valence-corrected chi connectivity index (χ2v) is 6.05. The molecule has 29 heavy (non-hydrogen) atoms. The van der Waals surface area contributed by atoms with Crippen molar-refractivity contribution in [3.63, 3.8) is 0 Å². The van der Waals surface area contributed by atoms with Gasteiger partial charge in [-0.2, -0.15) is 0 Å². The van der Waals surface area contributed by atoms with Crippen molar-refractivity contribution in [2.75, 3.05) is 18.5 Å². The van der Waals surface area contributed by atoms with E-state index in [1.807, 2.05) is 0 Å². The average molecular weight is 400 g/mol. The zero-order valence-corrected chi connectivity index (χ0v) is 16.0. The van der Waals surface area contributed by atoms with Crippen LogP contribution < -0.4 is 10.1 Å². The molecule has 1 N–H and O–H groups in total. The number of hydrogen-bond donors (Lipinski definition) is 1. The van der Waals surface area contributed by atoms with Gasteiger partial charge in [-0.1, -0.05) is 6.92 Å². The van der Waals surface area contributed by atoms with Crippen LogP contribution in [0, 0.1) is 17.0 Å². The summed E-state index contributed by atoms with van der Waals surface area (Å²) in [4.78, 5) is 45.4. The van der Waals surface area contributed by atoms with Crippen LogP contribution in [0.3, 0.4) is 0 Å². The zero-order valence-electron chi connectivity index (χ0n) is 16.0. The third kappa shape index (κ3) is 6.42. The molecule has 0 spiro atoms. The monoisotopic (exact) mass is 400 g/mol. The van der Waals surface area contributed by atoms with Crippen molar-refractivity contribution < 1.29 is 28.8 Å². The van der Waals surface area contributed by atoms with Crippen LogP contribution in [0.25, 0.3) is 0 Å². The van der Waals surface area contributed by atoms with Crippen LogP contribution in [0.5, 0.6) is 5.75 Å². The number of hydrogen-bond acceptors (Lipinski definition) is 7. The summed E-state index contributed by atoms with van der Waals surface area (Å²) in [5, 5.41) is 13.2. The summed E-state index contributed by atoms with van der Waals surface area (Å²) in [6.45, 7) is 2.46. The minimum atomic E-state index is -0.741. The lowest BCUT2D eigenvalue weighted by Crippen LogP contribution is -2.24. The second kappa shape index (κ2) is 9.98. The third-order valence-corrected chi connectivity index (χ3v) is 3.91. The molecule has 2 rings (SSSR count). The number of rotatable bonds is 9. The number of nitrogens with one attached hydrogen (secondary N) is 1. The largest absolute Gasteiger partial charge is 0.482 e. The summed E-state index contributed by atoms with van der Waals surface area (Å²) in [6, 6.07) is 10.3. The van der Waals surface area contributed by atoms with E-state index in [0.717, 1.165) is 0 Å². The quantitative estimate of drug-likeness (QED) is 0.297. The molecule has 0 saturated carbocycles. The van der Waals surface area contributed by atoms with E-state index in [0.29, 0.717) is 29.0 Å². The lowest BCUT2D eigenvalue weighted by atomic mass is 10.1. The molecule has 0 aliphatic heterocycles. The van der Waals surface area contributed by atoms with E-state index in [9.17, 15) is 24.5 Å². The van der Waals surface area contributed by atoms with Gasteiger partial charge in [0.25, 0.3) is 11.6 Å². The Morgan fingerprint density at radius 1 is 1.07 bits per heavy atom. The van der Waals surface area contributed by atoms with Crippen molar-refractivity contribution >= 4 is 29.0 Å². The molecule has 2 aromatic carbocycles. The summed E-state index contributed by atoms with van der Waals surface area (Å²) in [5.74, 6) is -0.933. The van der Waals surface area contributed by atoms with Crippen molar-refractivity contribution in [1.29, 1.82) is 0 Å². The molecular formula is C20H20N2O7. The first-order valence-electron chi connectivity index (χ1n) is 8.76. The van der Waals surface area contributed by atoms with Crippen LogP contribution in [-0.4, -0.2) is 35.8 Å². The molecule has 0 aliphatic carbocycles. The number of anilines is 1. The smallest absolute Gasteiger partial charge is 0.344 e. The molecule has 0 aliphatic rings. The van der Waals surface area contributed by atoms with Crippen molar-refractivity contribution in [2.45, 2.75) is 20.3 Å². The summed E-state index contributed by atoms with van der Waals surface area (Å²) >= 11 is 0. The topological polar surface area (TPSA) is 125 Å². The Morgan fingerprint density at radius 2 is 1.76 bits per heavy atom. The fraction of sp³-hybridized carbons (Fsp3) is 0.250. The number of carbonyl (C=O) groups is 3. The molecule has 0 aromatic heterocycles. The van der Waals surface area contributed by atoms with Gasteiger partial charge in [-0.15, -0.1) is 0 Å². The number of nitrogens with zero attached hydrogens (tertiary/aromatic N) is 1. The minimum Gasteiger partial charge on any atom is -0.482 e. The number of esters is 1. The number of Topliss-reactive ketones (excluding diaryl/α,β-unsaturated/α-hetero) is 1. The maximum absolute atomic E-state index is 11.9. The minimum absolute atomic E-state index is 0.00484. The van der Waals surface area contributed by atoms with E-state index in [1.54, 1.807) is 38.1 Å². The van der Waals surface area contributed by atoms with Gasteiger partial charge in [0.2, 0.25) is 0 Å². The lowest BCUT2D eigenvalue weighted by molar-refractivity contribution is -0.384. The van der Waals surface area contributed by atoms with Gasteiger partial charge in [-0.05, 0) is 42.8 Å². The van der Waals surface area contributed by atoms with Crippen LogP contribution in [0.1, 0.15) is 29.3 Å². The van der Waals surface area contributed by atoms with Crippen LogP contribution in [-0.2, 0) is 14.3 Å². The Labute approximate surface area is 166 Å². The highest BCUT2D eigenvalue weighted by Gasteiger charge is 2.12. The zero-order chi connectivity index (χ0) is 21.4. The maximum Gasteiger partial charge on any atom is 0.344 e. The van der Waals surface area contributed by atoms with Crippen LogP contribution in [0.15, 0.2) is 42.5 Å². The summed E-state index contributed by atoms with van der Waals surface area (Å²) in [7, 11) is 0. The highest BCUT2D eigenvalue weighted by Crippen LogP contribution is 2.21. The number of benzene rings is 2. The van der Waals surface area contributed by atoms with Gasteiger partial charge in [0.15, 0.2) is 19.0 Å². The first kappa shape index (κ1) is 21.5. The molecule has 0 saturated heterocycles. The van der Waals surface area contributed by atoms with E-state index in [1.165, 1.54) is 18.2 Å². The highest BCUT2D eigenvalue weighted by molar-refractivity contribution is 5.96. The Kier molecular flexibility index (Phi) is 7.41. The number of nitro groups is 1. The van der Waals surface area contributed by atoms with Crippen LogP contribution in [0.4, 0.5) is 11.4 Å². The molecule has 0 radical (unpaired) electrons. The van der Waals surface area contributed by atoms with E-state index in [2.05, 4.69) is 5.32 Å². The van der Waals surface area contributed by atoms with E-state index < -0.39 is 30.0 Å². The van der Waals surface area contributed by atoms with Crippen molar-refractivity contribution in [3.8, 4) is 5.75 Å². The summed E-state index contributed by atoms with van der Waals surface area (Å²) < 4.78 is 10.1. The normalized spacial score (nSPS) is 10.1. The molecule has 9 nitrogen and oxygen atoms in total. The maximum atomic E-state index is 11.9. The molecule has 9 heteroatoms. The fourth-order valence-corrected chi connectivity index (χ4v) is 2.36. The van der Waals surface area contributed by atoms with E-state index in [4.69, 9.17) is 9.47 Å². The van der Waals surface area contributed by atoms with Crippen molar-refractivity contribution in [2.24, 2.45) is 0 Å². The number of non-ortho nitro benzene ring substituents is 1. The number of aryl methyl sites for hydroxylation is 1. The Bertz CT molecular complexity index is 923. The number of ketones is 1. The lowest BCUT2D eigenvalue weighted by Gasteiger charge is -2.09. The number of carbonyl (C=O) groups excluding carboxylic acids is 3. The SMILES string of the molecule is CCC(=O)c1ccc(OCC(=O)OCC(=O)Nc2ccc([N+](=O)[O-])cc2C)cc1. The first-order valence-corrected chi connectivity index (χ1v) is 8.76.